The Balaban J connectivity index is 2.67. The van der Waals surface area contributed by atoms with Gasteiger partial charge in [-0.05, 0) is 49.3 Å². The summed E-state index contributed by atoms with van der Waals surface area (Å²) in [4.78, 5) is -0.515. The summed E-state index contributed by atoms with van der Waals surface area (Å²) < 4.78 is 114. The van der Waals surface area contributed by atoms with Gasteiger partial charge in [-0.2, -0.15) is 0 Å². The van der Waals surface area contributed by atoms with Crippen molar-refractivity contribution in [1.29, 1.82) is 0 Å². The molecule has 1 aliphatic rings. The van der Waals surface area contributed by atoms with E-state index in [0.717, 1.165) is 12.1 Å². The Bertz CT molecular complexity index is 951. The first-order valence-electron chi connectivity index (χ1n) is 11.9. The highest BCUT2D eigenvalue weighted by Crippen LogP contribution is 2.28. The first-order chi connectivity index (χ1) is 14.2. The monoisotopic (exact) mass is 322 g/mol. The van der Waals surface area contributed by atoms with Crippen LogP contribution in [-0.4, -0.2) is 25.8 Å². The zero-order chi connectivity index (χ0) is 25.2. The Morgan fingerprint density at radius 2 is 2.10 bits per heavy atom. The Hall–Kier alpha value is -0.910. The van der Waals surface area contributed by atoms with Gasteiger partial charge in [-0.15, -0.1) is 0 Å². The lowest BCUT2D eigenvalue weighted by molar-refractivity contribution is 0.170. The topological polar surface area (TPSA) is 80.4 Å². The average Bonchev–Trinajstić information content (AvgIpc) is 2.66. The van der Waals surface area contributed by atoms with E-state index in [2.05, 4.69) is 0 Å². The van der Waals surface area contributed by atoms with Crippen molar-refractivity contribution in [2.45, 2.75) is 49.3 Å². The van der Waals surface area contributed by atoms with Crippen molar-refractivity contribution in [2.75, 3.05) is 12.3 Å². The third kappa shape index (κ3) is 4.53. The minimum Gasteiger partial charge on any atom is -0.388 e. The molecule has 1 atom stereocenters. The Morgan fingerprint density at radius 3 is 2.76 bits per heavy atom. The SMILES string of the molecule is [2H]C1([2H])C([2H])([2H])C([2H])([2H])C([2H])(CS(=O)(=O)c2cccc(C(O)CCN)c2)C([2H])([2H])C1([2H])[2H]. The third-order valence-corrected chi connectivity index (χ3v) is 4.57. The van der Waals surface area contributed by atoms with Crippen molar-refractivity contribution in [1.82, 2.24) is 0 Å². The molecular weight excluding hydrogens is 286 g/mol. The highest BCUT2D eigenvalue weighted by atomic mass is 32.2. The van der Waals surface area contributed by atoms with Crippen LogP contribution in [0.1, 0.15) is 65.0 Å². The number of aliphatic hydroxyl groups is 1. The van der Waals surface area contributed by atoms with E-state index in [9.17, 15) is 13.5 Å². The van der Waals surface area contributed by atoms with E-state index in [1.165, 1.54) is 12.1 Å². The molecule has 1 aromatic rings. The van der Waals surface area contributed by atoms with Crippen LogP contribution in [0, 0.1) is 5.89 Å². The molecule has 118 valence electrons. The Kier molecular flexibility index (Phi) is 2.50. The lowest BCUT2D eigenvalue weighted by Crippen LogP contribution is -2.19. The molecule has 5 heteroatoms. The molecule has 4 nitrogen and oxygen atoms in total. The van der Waals surface area contributed by atoms with Crippen molar-refractivity contribution in [3.8, 4) is 0 Å². The number of hydrogen-bond donors (Lipinski definition) is 2. The maximum atomic E-state index is 13.1. The average molecular weight is 323 g/mol. The second-order valence-corrected chi connectivity index (χ2v) is 6.52. The molecule has 2 rings (SSSR count). The van der Waals surface area contributed by atoms with Crippen LogP contribution in [0.4, 0.5) is 0 Å². The summed E-state index contributed by atoms with van der Waals surface area (Å²) in [5.41, 5.74) is 5.52. The Morgan fingerprint density at radius 1 is 1.38 bits per heavy atom. The van der Waals surface area contributed by atoms with E-state index in [4.69, 9.17) is 20.8 Å². The molecule has 0 saturated heterocycles. The van der Waals surface area contributed by atoms with Crippen LogP contribution < -0.4 is 5.73 Å². The Labute approximate surface area is 142 Å². The molecule has 0 amide bonds. The van der Waals surface area contributed by atoms with Crippen molar-refractivity contribution in [3.63, 3.8) is 0 Å². The van der Waals surface area contributed by atoms with Crippen LogP contribution >= 0.6 is 0 Å². The minimum absolute atomic E-state index is 0.0978. The molecule has 0 aromatic heterocycles. The maximum absolute atomic E-state index is 13.1. The standard InChI is InChI=1S/C16H25NO3S/c17-10-9-16(18)14-7-4-8-15(11-14)21(19,20)12-13-5-2-1-3-6-13/h4,7-8,11,13,16,18H,1-3,5-6,9-10,12,17H2/i1D2,2D2,3D2,5D2,6D2,13D. The summed E-state index contributed by atoms with van der Waals surface area (Å²) in [7, 11) is -4.73. The zero-order valence-corrected chi connectivity index (χ0v) is 12.1. The van der Waals surface area contributed by atoms with Gasteiger partial charge in [-0.25, -0.2) is 8.42 Å². The maximum Gasteiger partial charge on any atom is 0.178 e. The molecule has 0 radical (unpaired) electrons. The fourth-order valence-electron chi connectivity index (χ4n) is 1.86. The van der Waals surface area contributed by atoms with Gasteiger partial charge in [0.25, 0.3) is 0 Å². The molecule has 1 aliphatic carbocycles. The van der Waals surface area contributed by atoms with Gasteiger partial charge in [0.1, 0.15) is 0 Å². The summed E-state index contributed by atoms with van der Waals surface area (Å²) in [6.45, 7) is 0.0978. The summed E-state index contributed by atoms with van der Waals surface area (Å²) >= 11 is 0. The van der Waals surface area contributed by atoms with Gasteiger partial charge >= 0.3 is 0 Å². The second-order valence-electron chi connectivity index (χ2n) is 4.53. The predicted molar refractivity (Wildman–Crippen MR) is 83.7 cm³/mol. The van der Waals surface area contributed by atoms with E-state index >= 15 is 0 Å². The molecule has 0 heterocycles. The van der Waals surface area contributed by atoms with Gasteiger partial charge in [0, 0.05) is 15.1 Å². The molecular formula is C16H25NO3S. The number of sulfone groups is 1. The lowest BCUT2D eigenvalue weighted by atomic mass is 9.91. The first-order valence-corrected chi connectivity index (χ1v) is 8.02. The normalized spacial score (nSPS) is 39.8. The van der Waals surface area contributed by atoms with Crippen LogP contribution in [0.3, 0.4) is 0 Å². The zero-order valence-electron chi connectivity index (χ0n) is 22.3. The number of aliphatic hydroxyl groups excluding tert-OH is 1. The third-order valence-electron chi connectivity index (χ3n) is 2.93. The fourth-order valence-corrected chi connectivity index (χ4v) is 3.15. The number of benzene rings is 1. The van der Waals surface area contributed by atoms with Crippen molar-refractivity contribution in [2.24, 2.45) is 11.6 Å². The van der Waals surface area contributed by atoms with Crippen molar-refractivity contribution >= 4 is 9.84 Å². The molecule has 0 bridgehead atoms. The van der Waals surface area contributed by atoms with Crippen LogP contribution in [0.25, 0.3) is 0 Å². The van der Waals surface area contributed by atoms with Gasteiger partial charge in [-0.3, -0.25) is 0 Å². The van der Waals surface area contributed by atoms with E-state index < -0.39 is 64.3 Å². The summed E-state index contributed by atoms with van der Waals surface area (Å²) in [6.07, 6.45) is -19.8. The predicted octanol–water partition coefficient (Wildman–Crippen LogP) is 2.42. The van der Waals surface area contributed by atoms with Gasteiger partial charge < -0.3 is 10.8 Å². The molecule has 0 aliphatic heterocycles. The van der Waals surface area contributed by atoms with Crippen LogP contribution in [0.2, 0.25) is 0 Å². The lowest BCUT2D eigenvalue weighted by Gasteiger charge is -2.21. The number of hydrogen-bond acceptors (Lipinski definition) is 4. The van der Waals surface area contributed by atoms with Crippen LogP contribution in [0.15, 0.2) is 29.2 Å². The largest absolute Gasteiger partial charge is 0.388 e. The second kappa shape index (κ2) is 7.38. The summed E-state index contributed by atoms with van der Waals surface area (Å²) in [5.74, 6) is -5.26. The van der Waals surface area contributed by atoms with Gasteiger partial charge in [0.2, 0.25) is 0 Å². The fraction of sp³-hybridized carbons (Fsp3) is 0.625. The molecule has 1 saturated carbocycles. The van der Waals surface area contributed by atoms with Gasteiger partial charge in [0.15, 0.2) is 9.84 Å². The van der Waals surface area contributed by atoms with Crippen molar-refractivity contribution in [3.05, 3.63) is 29.8 Å². The molecule has 3 N–H and O–H groups in total. The van der Waals surface area contributed by atoms with E-state index in [1.54, 1.807) is 0 Å². The number of rotatable bonds is 6. The molecule has 1 unspecified atom stereocenters. The molecule has 0 spiro atoms. The number of nitrogens with two attached hydrogens (primary N) is 1. The minimum atomic E-state index is -4.73. The highest BCUT2D eigenvalue weighted by molar-refractivity contribution is 7.91. The quantitative estimate of drug-likeness (QED) is 0.843. The summed E-state index contributed by atoms with van der Waals surface area (Å²) in [6, 6.07) is 4.77. The van der Waals surface area contributed by atoms with Gasteiger partial charge in [-0.1, -0.05) is 31.3 Å². The first kappa shape index (κ1) is 7.11. The van der Waals surface area contributed by atoms with E-state index in [0.29, 0.717) is 0 Å². The van der Waals surface area contributed by atoms with Crippen LogP contribution in [0.5, 0.6) is 0 Å². The summed E-state index contributed by atoms with van der Waals surface area (Å²) in [5, 5.41) is 10.1. The van der Waals surface area contributed by atoms with Crippen molar-refractivity contribution < 1.29 is 28.6 Å². The van der Waals surface area contributed by atoms with E-state index in [-0.39, 0.29) is 18.5 Å². The van der Waals surface area contributed by atoms with Gasteiger partial charge in [0.05, 0.1) is 16.8 Å². The highest BCUT2D eigenvalue weighted by Gasteiger charge is 2.23. The molecule has 1 aromatic carbocycles. The molecule has 1 fully saturated rings. The smallest absolute Gasteiger partial charge is 0.178 e. The van der Waals surface area contributed by atoms with Crippen LogP contribution in [-0.2, 0) is 9.84 Å². The van der Waals surface area contributed by atoms with E-state index in [1.807, 2.05) is 0 Å². The molecule has 21 heavy (non-hydrogen) atoms.